The molecule has 2 aromatic heterocycles. The molecule has 13 heteroatoms. The number of thioether (sulfide) groups is 1. The van der Waals surface area contributed by atoms with Crippen molar-refractivity contribution in [3.63, 3.8) is 0 Å². The van der Waals surface area contributed by atoms with E-state index < -0.39 is 11.7 Å². The van der Waals surface area contributed by atoms with Gasteiger partial charge in [-0.3, -0.25) is 9.48 Å². The molecule has 200 valence electrons. The van der Waals surface area contributed by atoms with Crippen LogP contribution < -0.4 is 0 Å². The molecule has 2 aliphatic heterocycles. The van der Waals surface area contributed by atoms with Gasteiger partial charge in [0.05, 0.1) is 34.8 Å². The third kappa shape index (κ3) is 5.30. The smallest absolute Gasteiger partial charge is 0.351 e. The van der Waals surface area contributed by atoms with Gasteiger partial charge >= 0.3 is 6.18 Å². The number of aromatic nitrogens is 5. The van der Waals surface area contributed by atoms with Gasteiger partial charge in [-0.2, -0.15) is 28.4 Å². The average Bonchev–Trinajstić information content (AvgIpc) is 3.66. The molecule has 0 aliphatic carbocycles. The lowest BCUT2D eigenvalue weighted by Crippen LogP contribution is -2.37. The number of benzene rings is 2. The number of carbonyl (C=O) groups excluding carboxylic acids is 1. The predicted molar refractivity (Wildman–Crippen MR) is 143 cm³/mol. The highest BCUT2D eigenvalue weighted by Gasteiger charge is 2.34. The van der Waals surface area contributed by atoms with E-state index in [0.29, 0.717) is 15.6 Å². The normalized spacial score (nSPS) is 17.9. The van der Waals surface area contributed by atoms with Gasteiger partial charge < -0.3 is 4.90 Å². The van der Waals surface area contributed by atoms with E-state index in [4.69, 9.17) is 11.6 Å². The zero-order chi connectivity index (χ0) is 27.1. The Labute approximate surface area is 230 Å². The van der Waals surface area contributed by atoms with Crippen LogP contribution in [-0.2, 0) is 17.5 Å². The molecular weight excluding hydrogens is 551 g/mol. The SMILES string of the molecule is O=C1N=C(N2CCC(n3cncn3)CC2)SC1=Cc1ccc2c(cnn2Cc2ccc(Cl)cc2C(F)(F)F)c1. The average molecular weight is 572 g/mol. The molecule has 0 spiro atoms. The molecule has 1 fully saturated rings. The molecule has 1 saturated heterocycles. The number of aliphatic imine (C=N–C) groups is 1. The van der Waals surface area contributed by atoms with Gasteiger partial charge in [-0.05, 0) is 66.1 Å². The van der Waals surface area contributed by atoms with E-state index in [2.05, 4.69) is 25.1 Å². The summed E-state index contributed by atoms with van der Waals surface area (Å²) in [7, 11) is 0. The molecule has 6 rings (SSSR count). The highest BCUT2D eigenvalue weighted by atomic mass is 35.5. The van der Waals surface area contributed by atoms with Gasteiger partial charge in [0.1, 0.15) is 12.7 Å². The quantitative estimate of drug-likeness (QED) is 0.294. The topological polar surface area (TPSA) is 81.2 Å². The lowest BCUT2D eigenvalue weighted by Gasteiger charge is -2.32. The molecule has 0 atom stereocenters. The van der Waals surface area contributed by atoms with E-state index in [9.17, 15) is 18.0 Å². The molecule has 2 aliphatic rings. The lowest BCUT2D eigenvalue weighted by atomic mass is 10.1. The maximum atomic E-state index is 13.5. The molecule has 2 aromatic carbocycles. The molecule has 39 heavy (non-hydrogen) atoms. The summed E-state index contributed by atoms with van der Waals surface area (Å²) in [5, 5.41) is 10.0. The zero-order valence-electron chi connectivity index (χ0n) is 20.3. The summed E-state index contributed by atoms with van der Waals surface area (Å²) in [5.74, 6) is -0.286. The molecule has 0 radical (unpaired) electrons. The Balaban J connectivity index is 1.16. The summed E-state index contributed by atoms with van der Waals surface area (Å²) in [6.45, 7) is 1.48. The van der Waals surface area contributed by atoms with E-state index in [1.54, 1.807) is 24.7 Å². The standard InChI is InChI=1S/C26H21ClF3N7OS/c27-19-3-2-17(21(11-19)26(28,29)30)13-36-22-4-1-16(9-18(22)12-32-36)10-23-24(38)34-25(39-23)35-7-5-20(6-8-35)37-15-31-14-33-37/h1-4,9-12,14-15,20H,5-8,13H2. The lowest BCUT2D eigenvalue weighted by molar-refractivity contribution is -0.138. The summed E-state index contributed by atoms with van der Waals surface area (Å²) in [5.41, 5.74) is 0.751. The summed E-state index contributed by atoms with van der Waals surface area (Å²) < 4.78 is 44.0. The van der Waals surface area contributed by atoms with Gasteiger partial charge in [-0.15, -0.1) is 0 Å². The Hall–Kier alpha value is -3.64. The largest absolute Gasteiger partial charge is 0.416 e. The van der Waals surface area contributed by atoms with Crippen LogP contribution in [0.2, 0.25) is 5.02 Å². The molecular formula is C26H21ClF3N7OS. The van der Waals surface area contributed by atoms with Gasteiger partial charge in [0.2, 0.25) is 0 Å². The Morgan fingerprint density at radius 2 is 1.92 bits per heavy atom. The third-order valence-corrected chi connectivity index (χ3v) is 8.10. The summed E-state index contributed by atoms with van der Waals surface area (Å²) in [6.07, 6.45) is 3.89. The second-order valence-corrected chi connectivity index (χ2v) is 10.8. The Bertz CT molecular complexity index is 1610. The minimum absolute atomic E-state index is 0.0248. The van der Waals surface area contributed by atoms with Crippen molar-refractivity contribution in [2.24, 2.45) is 4.99 Å². The molecule has 0 saturated carbocycles. The number of rotatable bonds is 4. The van der Waals surface area contributed by atoms with E-state index in [-0.39, 0.29) is 29.1 Å². The van der Waals surface area contributed by atoms with Crippen molar-refractivity contribution in [3.8, 4) is 0 Å². The van der Waals surface area contributed by atoms with Crippen molar-refractivity contribution < 1.29 is 18.0 Å². The fourth-order valence-corrected chi connectivity index (χ4v) is 5.98. The van der Waals surface area contributed by atoms with Gasteiger partial charge in [0.15, 0.2) is 5.17 Å². The number of piperidine rings is 1. The number of fused-ring (bicyclic) bond motifs is 1. The number of amides is 1. The van der Waals surface area contributed by atoms with Crippen LogP contribution in [0.3, 0.4) is 0 Å². The number of carbonyl (C=O) groups is 1. The first-order chi connectivity index (χ1) is 18.7. The highest BCUT2D eigenvalue weighted by Crippen LogP contribution is 2.35. The van der Waals surface area contributed by atoms with E-state index in [1.165, 1.54) is 34.9 Å². The number of hydrogen-bond donors (Lipinski definition) is 0. The van der Waals surface area contributed by atoms with E-state index in [0.717, 1.165) is 42.9 Å². The number of likely N-dealkylation sites (tertiary alicyclic amines) is 1. The third-order valence-electron chi connectivity index (χ3n) is 6.82. The zero-order valence-corrected chi connectivity index (χ0v) is 21.9. The molecule has 0 bridgehead atoms. The van der Waals surface area contributed by atoms with Crippen LogP contribution in [0.1, 0.15) is 35.6 Å². The van der Waals surface area contributed by atoms with Crippen LogP contribution in [0.4, 0.5) is 13.2 Å². The Morgan fingerprint density at radius 1 is 1.10 bits per heavy atom. The Kier molecular flexibility index (Phi) is 6.67. The van der Waals surface area contributed by atoms with Gasteiger partial charge in [-0.1, -0.05) is 23.7 Å². The number of hydrogen-bond acceptors (Lipinski definition) is 6. The minimum atomic E-state index is -4.53. The molecule has 4 heterocycles. The maximum absolute atomic E-state index is 13.5. The fourth-order valence-electron chi connectivity index (χ4n) is 4.85. The second kappa shape index (κ2) is 10.2. The fraction of sp³-hybridized carbons (Fsp3) is 0.269. The number of amidine groups is 1. The summed E-state index contributed by atoms with van der Waals surface area (Å²) >= 11 is 7.16. The first-order valence-corrected chi connectivity index (χ1v) is 13.4. The number of nitrogens with zero attached hydrogens (tertiary/aromatic N) is 7. The van der Waals surface area contributed by atoms with Gasteiger partial charge in [-0.25, -0.2) is 9.67 Å². The van der Waals surface area contributed by atoms with Gasteiger partial charge in [0, 0.05) is 23.5 Å². The van der Waals surface area contributed by atoms with Crippen LogP contribution in [0.5, 0.6) is 0 Å². The summed E-state index contributed by atoms with van der Waals surface area (Å²) in [6, 6.07) is 9.48. The van der Waals surface area contributed by atoms with Crippen molar-refractivity contribution in [1.29, 1.82) is 0 Å². The van der Waals surface area contributed by atoms with Crippen LogP contribution in [-0.4, -0.2) is 53.6 Å². The van der Waals surface area contributed by atoms with Crippen LogP contribution in [0.25, 0.3) is 17.0 Å². The summed E-state index contributed by atoms with van der Waals surface area (Å²) in [4.78, 5) is 23.6. The van der Waals surface area contributed by atoms with Crippen molar-refractivity contribution in [1.82, 2.24) is 29.4 Å². The number of alkyl halides is 3. The van der Waals surface area contributed by atoms with Crippen LogP contribution in [0.15, 0.2) is 65.1 Å². The van der Waals surface area contributed by atoms with Crippen molar-refractivity contribution >= 4 is 51.4 Å². The predicted octanol–water partition coefficient (Wildman–Crippen LogP) is 5.66. The maximum Gasteiger partial charge on any atom is 0.416 e. The molecule has 4 aromatic rings. The highest BCUT2D eigenvalue weighted by molar-refractivity contribution is 8.18. The molecule has 0 unspecified atom stereocenters. The van der Waals surface area contributed by atoms with Crippen molar-refractivity contribution in [3.05, 3.63) is 81.9 Å². The monoisotopic (exact) mass is 571 g/mol. The second-order valence-electron chi connectivity index (χ2n) is 9.32. The van der Waals surface area contributed by atoms with Crippen molar-refractivity contribution in [2.45, 2.75) is 31.6 Å². The number of halogens is 4. The first-order valence-electron chi connectivity index (χ1n) is 12.2. The van der Waals surface area contributed by atoms with Crippen LogP contribution >= 0.6 is 23.4 Å². The molecule has 1 amide bonds. The van der Waals surface area contributed by atoms with E-state index >= 15 is 0 Å². The minimum Gasteiger partial charge on any atom is -0.351 e. The molecule has 8 nitrogen and oxygen atoms in total. The Morgan fingerprint density at radius 3 is 2.67 bits per heavy atom. The van der Waals surface area contributed by atoms with Crippen LogP contribution in [0, 0.1) is 0 Å². The van der Waals surface area contributed by atoms with Crippen molar-refractivity contribution in [2.75, 3.05) is 13.1 Å². The molecule has 0 N–H and O–H groups in total. The van der Waals surface area contributed by atoms with E-state index in [1.807, 2.05) is 16.8 Å². The first kappa shape index (κ1) is 25.6. The van der Waals surface area contributed by atoms with Gasteiger partial charge in [0.25, 0.3) is 5.91 Å².